The number of rotatable bonds is 2. The second kappa shape index (κ2) is 14.0. The fourth-order valence-electron chi connectivity index (χ4n) is 8.31. The monoisotopic (exact) mass is 690 g/mol. The Bertz CT molecular complexity index is 3240. The largest absolute Gasteiger partial charge is 0.457 e. The van der Waals surface area contributed by atoms with Gasteiger partial charge >= 0.3 is 0 Å². The van der Waals surface area contributed by atoms with E-state index in [1.54, 1.807) is 0 Å². The second-order valence-electron chi connectivity index (χ2n) is 14.4. The number of furan rings is 1. The highest BCUT2D eigenvalue weighted by Gasteiger charge is 2.30. The van der Waals surface area contributed by atoms with Gasteiger partial charge in [-0.1, -0.05) is 65.6 Å². The molecule has 0 spiro atoms. The molecule has 0 fully saturated rings. The van der Waals surface area contributed by atoms with E-state index >= 15 is 0 Å². The minimum Gasteiger partial charge on any atom is -0.457 e. The van der Waals surface area contributed by atoms with Gasteiger partial charge in [0.1, 0.15) is 184 Å². The maximum atomic E-state index is 7.23. The van der Waals surface area contributed by atoms with Gasteiger partial charge in [-0.3, -0.25) is 0 Å². The van der Waals surface area contributed by atoms with Crippen LogP contribution in [0.3, 0.4) is 0 Å². The lowest BCUT2D eigenvalue weighted by Gasteiger charge is -2.32. The zero-order valence-corrected chi connectivity index (χ0v) is 31.1. The Kier molecular flexibility index (Phi) is 10.1. The quantitative estimate of drug-likeness (QED) is 0.130. The molecule has 0 N–H and O–H groups in total. The first-order chi connectivity index (χ1) is 27.5. The number of hydrogen-bond acceptors (Lipinski definition) is 1. The zero-order valence-electron chi connectivity index (χ0n) is 31.1. The van der Waals surface area contributed by atoms with Gasteiger partial charge in [0.15, 0.2) is 0 Å². The van der Waals surface area contributed by atoms with E-state index in [0.717, 1.165) is 0 Å². The van der Waals surface area contributed by atoms with Crippen LogP contribution in [0, 0.1) is 0 Å². The van der Waals surface area contributed by atoms with E-state index in [-0.39, 0.29) is 197 Å². The molecule has 0 bridgehead atoms. The molecule has 7 aromatic carbocycles. The van der Waals surface area contributed by atoms with E-state index in [2.05, 4.69) is 0 Å². The van der Waals surface area contributed by atoms with Crippen LogP contribution in [0.25, 0.3) is 76.5 Å². The molecule has 0 saturated heterocycles. The molecule has 0 aliphatic heterocycles. The lowest BCUT2D eigenvalue weighted by atomic mass is 9.56. The Labute approximate surface area is 371 Å². The molecule has 8 rings (SSSR count). The first kappa shape index (κ1) is 42.2. The number of fused-ring (bicyclic) bond motifs is 6. The van der Waals surface area contributed by atoms with Crippen LogP contribution in [0.2, 0.25) is 0 Å². The zero-order chi connectivity index (χ0) is 43.5. The van der Waals surface area contributed by atoms with Gasteiger partial charge in [-0.2, -0.15) is 0 Å². The van der Waals surface area contributed by atoms with Crippen molar-refractivity contribution < 1.29 is 4.42 Å². The van der Waals surface area contributed by atoms with Gasteiger partial charge in [-0.15, -0.1) is 49.2 Å². The molecular formula is C36B22O. The molecule has 8 aromatic rings. The summed E-state index contributed by atoms with van der Waals surface area (Å²) in [7, 11) is 146. The van der Waals surface area contributed by atoms with Crippen LogP contribution < -0.4 is 120 Å². The fourth-order valence-corrected chi connectivity index (χ4v) is 8.31. The third-order valence-corrected chi connectivity index (χ3v) is 11.5. The van der Waals surface area contributed by atoms with Gasteiger partial charge in [-0.25, -0.2) is 0 Å². The van der Waals surface area contributed by atoms with E-state index in [0.29, 0.717) is 0 Å². The molecule has 0 unspecified atom stereocenters. The van der Waals surface area contributed by atoms with Crippen LogP contribution in [0.5, 0.6) is 0 Å². The summed E-state index contributed by atoms with van der Waals surface area (Å²) in [5.74, 6) is 0. The van der Waals surface area contributed by atoms with Crippen molar-refractivity contribution >= 4 is 347 Å². The average Bonchev–Trinajstić information content (AvgIpc) is 3.62. The van der Waals surface area contributed by atoms with Crippen molar-refractivity contribution in [1.29, 1.82) is 0 Å². The SMILES string of the molecule is [B]c1c([B])c([B])c(-c2c3c([B])c([B])c([B])c([B])c3c(-c3c([B])c([B])c4oc5c([B])c6c([B])c([B])c([B])c([B])c6c([B])c5c4c3[B])c3c([B])c([B])c([B])c([B])c23)c([B])c1[B]. The van der Waals surface area contributed by atoms with Gasteiger partial charge < -0.3 is 4.42 Å². The summed E-state index contributed by atoms with van der Waals surface area (Å²) in [6, 6.07) is 0. The molecule has 59 heavy (non-hydrogen) atoms. The molecule has 1 aromatic heterocycles. The van der Waals surface area contributed by atoms with E-state index in [1.807, 2.05) is 0 Å². The number of hydrogen-bond donors (Lipinski definition) is 0. The molecule has 1 heterocycles. The Morgan fingerprint density at radius 3 is 0.763 bits per heavy atom. The first-order valence-corrected chi connectivity index (χ1v) is 17.3. The summed E-state index contributed by atoms with van der Waals surface area (Å²) in [5.41, 5.74) is -1.84. The number of benzene rings is 7. The summed E-state index contributed by atoms with van der Waals surface area (Å²) in [6.07, 6.45) is 0. The normalized spacial score (nSPS) is 11.9. The minimum absolute atomic E-state index is 0.00273. The molecule has 0 aliphatic carbocycles. The molecule has 23 heteroatoms. The Morgan fingerprint density at radius 2 is 0.390 bits per heavy atom. The van der Waals surface area contributed by atoms with Crippen LogP contribution in [-0.2, 0) is 0 Å². The van der Waals surface area contributed by atoms with Crippen molar-refractivity contribution in [2.45, 2.75) is 0 Å². The van der Waals surface area contributed by atoms with Crippen molar-refractivity contribution in [3.8, 4) is 22.3 Å². The highest BCUT2D eigenvalue weighted by molar-refractivity contribution is 6.76. The lowest BCUT2D eigenvalue weighted by molar-refractivity contribution is 0.675. The molecule has 0 amide bonds. The molecule has 0 atom stereocenters. The molecule has 216 valence electrons. The first-order valence-electron chi connectivity index (χ1n) is 17.3. The maximum Gasteiger partial charge on any atom is 0.128 e. The molecule has 0 saturated carbocycles. The fraction of sp³-hybridized carbons (Fsp3) is 0. The summed E-state index contributed by atoms with van der Waals surface area (Å²) in [4.78, 5) is 0. The summed E-state index contributed by atoms with van der Waals surface area (Å²) >= 11 is 0. The Morgan fingerprint density at radius 1 is 0.153 bits per heavy atom. The van der Waals surface area contributed by atoms with Gasteiger partial charge in [0.05, 0.1) is 0 Å². The van der Waals surface area contributed by atoms with Crippen molar-refractivity contribution in [2.75, 3.05) is 0 Å². The van der Waals surface area contributed by atoms with Crippen molar-refractivity contribution in [2.24, 2.45) is 0 Å². The maximum absolute atomic E-state index is 7.23. The average molecular weight is 686 g/mol. The van der Waals surface area contributed by atoms with Crippen molar-refractivity contribution in [3.05, 3.63) is 0 Å². The summed E-state index contributed by atoms with van der Waals surface area (Å²) in [6.45, 7) is 0. The van der Waals surface area contributed by atoms with Crippen LogP contribution in [0.4, 0.5) is 0 Å². The van der Waals surface area contributed by atoms with E-state index < -0.39 is 0 Å². The summed E-state index contributed by atoms with van der Waals surface area (Å²) < 4.78 is 6.30. The van der Waals surface area contributed by atoms with Gasteiger partial charge in [0.2, 0.25) is 0 Å². The molecule has 0 aliphatic rings. The Hall–Kier alpha value is -3.45. The Balaban J connectivity index is 1.74. The summed E-state index contributed by atoms with van der Waals surface area (Å²) in [5, 5.41) is 0.901. The highest BCUT2D eigenvalue weighted by Crippen LogP contribution is 2.39. The topological polar surface area (TPSA) is 13.1 Å². The van der Waals surface area contributed by atoms with Gasteiger partial charge in [0, 0.05) is 10.8 Å². The van der Waals surface area contributed by atoms with Gasteiger partial charge in [-0.05, 0) is 60.0 Å². The van der Waals surface area contributed by atoms with Crippen molar-refractivity contribution in [1.82, 2.24) is 0 Å². The smallest absolute Gasteiger partial charge is 0.128 e. The third kappa shape index (κ3) is 5.30. The van der Waals surface area contributed by atoms with E-state index in [4.69, 9.17) is 177 Å². The van der Waals surface area contributed by atoms with Crippen LogP contribution in [0.15, 0.2) is 4.42 Å². The molecule has 1 nitrogen and oxygen atoms in total. The standard InChI is InChI=1S/C36B22O/c37-13-7(23(47)34(58)36-12(13)11-14(38)9-10(24(48)35(11)59-36)22(46)30(54)29(53)21(9)45)1-3-5(17(41)27(51)25(49)15(3)39)2(6-4(1)16(40)26(50)28(52)18(6)42)8-19(43)31(55)33(57)32(56)20(8)44. The second-order valence-corrected chi connectivity index (χ2v) is 14.4. The third-order valence-electron chi connectivity index (χ3n) is 11.5. The van der Waals surface area contributed by atoms with Crippen molar-refractivity contribution in [3.63, 3.8) is 0 Å². The van der Waals surface area contributed by atoms with E-state index in [9.17, 15) is 0 Å². The van der Waals surface area contributed by atoms with Crippen LogP contribution in [-0.4, -0.2) is 173 Å². The predicted molar refractivity (Wildman–Crippen MR) is 276 cm³/mol. The minimum atomic E-state index is -0.152. The molecular weight excluding hydrogens is 686 g/mol. The highest BCUT2D eigenvalue weighted by atomic mass is 16.3. The van der Waals surface area contributed by atoms with E-state index in [1.165, 1.54) is 0 Å². The molecule has 44 radical (unpaired) electrons. The van der Waals surface area contributed by atoms with Crippen LogP contribution in [0.1, 0.15) is 0 Å². The predicted octanol–water partition coefficient (Wildman–Crippen LogP) is -16.2. The lowest BCUT2D eigenvalue weighted by Crippen LogP contribution is -2.55. The van der Waals surface area contributed by atoms with Crippen LogP contribution >= 0.6 is 0 Å². The van der Waals surface area contributed by atoms with Gasteiger partial charge in [0.25, 0.3) is 0 Å².